The van der Waals surface area contributed by atoms with Crippen molar-refractivity contribution in [2.45, 2.75) is 6.92 Å². The monoisotopic (exact) mass is 269 g/mol. The standard InChI is InChI=1S/C14H11N3O3/c1-2-19-14(18)11-7-13(20-17-11)12-8-15-9-5-3-4-6-10(9)16-12/h3-8H,2H2,1H3. The van der Waals surface area contributed by atoms with Gasteiger partial charge in [0.2, 0.25) is 0 Å². The van der Waals surface area contributed by atoms with Gasteiger partial charge in [-0.1, -0.05) is 17.3 Å². The van der Waals surface area contributed by atoms with Crippen LogP contribution in [0.2, 0.25) is 0 Å². The molecule has 0 unspecified atom stereocenters. The third-order valence-electron chi connectivity index (χ3n) is 2.70. The molecule has 2 heterocycles. The highest BCUT2D eigenvalue weighted by Gasteiger charge is 2.15. The molecule has 0 aliphatic heterocycles. The highest BCUT2D eigenvalue weighted by atomic mass is 16.5. The number of ether oxygens (including phenoxy) is 1. The van der Waals surface area contributed by atoms with Crippen molar-refractivity contribution in [1.82, 2.24) is 15.1 Å². The molecule has 0 aliphatic carbocycles. The highest BCUT2D eigenvalue weighted by molar-refractivity contribution is 5.88. The second kappa shape index (κ2) is 5.08. The first-order valence-electron chi connectivity index (χ1n) is 6.14. The fourth-order valence-electron chi connectivity index (χ4n) is 1.77. The Kier molecular flexibility index (Phi) is 3.12. The van der Waals surface area contributed by atoms with E-state index in [-0.39, 0.29) is 12.3 Å². The van der Waals surface area contributed by atoms with E-state index in [0.29, 0.717) is 11.5 Å². The van der Waals surface area contributed by atoms with Crippen LogP contribution in [0.3, 0.4) is 0 Å². The molecule has 0 N–H and O–H groups in total. The third-order valence-corrected chi connectivity index (χ3v) is 2.70. The van der Waals surface area contributed by atoms with Crippen LogP contribution in [-0.4, -0.2) is 27.7 Å². The largest absolute Gasteiger partial charge is 0.461 e. The average molecular weight is 269 g/mol. The Morgan fingerprint density at radius 3 is 2.90 bits per heavy atom. The van der Waals surface area contributed by atoms with Crippen molar-refractivity contribution in [3.63, 3.8) is 0 Å². The lowest BCUT2D eigenvalue weighted by atomic mass is 10.2. The Labute approximate surface area is 114 Å². The van der Waals surface area contributed by atoms with Crippen molar-refractivity contribution >= 4 is 17.0 Å². The molecule has 3 rings (SSSR count). The van der Waals surface area contributed by atoms with Crippen molar-refractivity contribution in [1.29, 1.82) is 0 Å². The number of carbonyl (C=O) groups excluding carboxylic acids is 1. The fourth-order valence-corrected chi connectivity index (χ4v) is 1.77. The number of carbonyl (C=O) groups is 1. The van der Waals surface area contributed by atoms with E-state index in [4.69, 9.17) is 9.26 Å². The number of rotatable bonds is 3. The van der Waals surface area contributed by atoms with E-state index >= 15 is 0 Å². The van der Waals surface area contributed by atoms with Gasteiger partial charge in [-0.2, -0.15) is 0 Å². The van der Waals surface area contributed by atoms with Crippen LogP contribution in [0.5, 0.6) is 0 Å². The second-order valence-electron chi connectivity index (χ2n) is 4.04. The molecule has 0 bridgehead atoms. The van der Waals surface area contributed by atoms with Crippen LogP contribution in [0.15, 0.2) is 41.1 Å². The summed E-state index contributed by atoms with van der Waals surface area (Å²) in [4.78, 5) is 20.2. The van der Waals surface area contributed by atoms with Gasteiger partial charge in [0.15, 0.2) is 11.5 Å². The number of para-hydroxylation sites is 2. The number of fused-ring (bicyclic) bond motifs is 1. The predicted molar refractivity (Wildman–Crippen MR) is 71.0 cm³/mol. The van der Waals surface area contributed by atoms with Crippen molar-refractivity contribution in [3.05, 3.63) is 42.2 Å². The molecule has 6 nitrogen and oxygen atoms in total. The van der Waals surface area contributed by atoms with Gasteiger partial charge in [0.05, 0.1) is 23.8 Å². The van der Waals surface area contributed by atoms with Crippen LogP contribution in [0, 0.1) is 0 Å². The zero-order valence-corrected chi connectivity index (χ0v) is 10.7. The molecule has 0 spiro atoms. The first-order chi connectivity index (χ1) is 9.78. The van der Waals surface area contributed by atoms with Crippen LogP contribution in [-0.2, 0) is 4.74 Å². The Bertz CT molecular complexity index is 767. The Balaban J connectivity index is 1.96. The van der Waals surface area contributed by atoms with E-state index < -0.39 is 5.97 Å². The van der Waals surface area contributed by atoms with Crippen LogP contribution < -0.4 is 0 Å². The molecule has 0 aliphatic rings. The molecule has 20 heavy (non-hydrogen) atoms. The summed E-state index contributed by atoms with van der Waals surface area (Å²) in [5, 5.41) is 3.67. The molecule has 0 radical (unpaired) electrons. The number of hydrogen-bond donors (Lipinski definition) is 0. The van der Waals surface area contributed by atoms with Crippen LogP contribution in [0.1, 0.15) is 17.4 Å². The van der Waals surface area contributed by atoms with Gasteiger partial charge in [0.1, 0.15) is 5.69 Å². The molecule has 0 fully saturated rings. The molecule has 1 aromatic carbocycles. The average Bonchev–Trinajstić information content (AvgIpc) is 2.97. The molecule has 100 valence electrons. The fraction of sp³-hybridized carbons (Fsp3) is 0.143. The van der Waals surface area contributed by atoms with E-state index in [1.54, 1.807) is 13.1 Å². The summed E-state index contributed by atoms with van der Waals surface area (Å²) < 4.78 is 9.96. The zero-order valence-electron chi connectivity index (χ0n) is 10.7. The molecule has 0 saturated carbocycles. The zero-order chi connectivity index (χ0) is 13.9. The van der Waals surface area contributed by atoms with Crippen LogP contribution in [0.25, 0.3) is 22.5 Å². The van der Waals surface area contributed by atoms with E-state index in [1.165, 1.54) is 6.07 Å². The molecule has 0 amide bonds. The quantitative estimate of drug-likeness (QED) is 0.679. The lowest BCUT2D eigenvalue weighted by Gasteiger charge is -1.97. The summed E-state index contributed by atoms with van der Waals surface area (Å²) in [6, 6.07) is 9.00. The Hall–Kier alpha value is -2.76. The van der Waals surface area contributed by atoms with Crippen molar-refractivity contribution in [2.75, 3.05) is 6.61 Å². The molecule has 6 heteroatoms. The topological polar surface area (TPSA) is 78.1 Å². The first-order valence-corrected chi connectivity index (χ1v) is 6.14. The maximum absolute atomic E-state index is 11.5. The first kappa shape index (κ1) is 12.3. The van der Waals surface area contributed by atoms with E-state index in [1.807, 2.05) is 24.3 Å². The summed E-state index contributed by atoms with van der Waals surface area (Å²) in [5.41, 5.74) is 2.18. The lowest BCUT2D eigenvalue weighted by Crippen LogP contribution is -2.04. The Morgan fingerprint density at radius 2 is 2.10 bits per heavy atom. The molecule has 0 atom stereocenters. The predicted octanol–water partition coefficient (Wildman–Crippen LogP) is 2.46. The highest BCUT2D eigenvalue weighted by Crippen LogP contribution is 2.20. The minimum absolute atomic E-state index is 0.122. The maximum Gasteiger partial charge on any atom is 0.360 e. The van der Waals surface area contributed by atoms with Crippen molar-refractivity contribution in [3.8, 4) is 11.5 Å². The third kappa shape index (κ3) is 2.23. The van der Waals surface area contributed by atoms with Gasteiger partial charge < -0.3 is 9.26 Å². The number of benzene rings is 1. The lowest BCUT2D eigenvalue weighted by molar-refractivity contribution is 0.0514. The normalized spacial score (nSPS) is 10.7. The second-order valence-corrected chi connectivity index (χ2v) is 4.04. The van der Waals surface area contributed by atoms with Crippen LogP contribution in [0.4, 0.5) is 0 Å². The van der Waals surface area contributed by atoms with Gasteiger partial charge in [-0.25, -0.2) is 9.78 Å². The van der Waals surface area contributed by atoms with E-state index in [2.05, 4.69) is 15.1 Å². The summed E-state index contributed by atoms with van der Waals surface area (Å²) in [6.45, 7) is 2.02. The molecule has 3 aromatic rings. The molecule has 2 aromatic heterocycles. The maximum atomic E-state index is 11.5. The number of nitrogens with zero attached hydrogens (tertiary/aromatic N) is 3. The van der Waals surface area contributed by atoms with E-state index in [0.717, 1.165) is 11.0 Å². The van der Waals surface area contributed by atoms with Gasteiger partial charge in [0.25, 0.3) is 0 Å². The Morgan fingerprint density at radius 1 is 1.30 bits per heavy atom. The van der Waals surface area contributed by atoms with Crippen molar-refractivity contribution < 1.29 is 14.1 Å². The summed E-state index contributed by atoms with van der Waals surface area (Å²) in [5.74, 6) is -0.137. The van der Waals surface area contributed by atoms with Gasteiger partial charge in [-0.05, 0) is 19.1 Å². The van der Waals surface area contributed by atoms with E-state index in [9.17, 15) is 4.79 Å². The summed E-state index contributed by atoms with van der Waals surface area (Å²) in [7, 11) is 0. The van der Waals surface area contributed by atoms with Gasteiger partial charge in [-0.15, -0.1) is 0 Å². The number of esters is 1. The van der Waals surface area contributed by atoms with Gasteiger partial charge in [-0.3, -0.25) is 4.98 Å². The van der Waals surface area contributed by atoms with Crippen molar-refractivity contribution in [2.24, 2.45) is 0 Å². The molecular formula is C14H11N3O3. The smallest absolute Gasteiger partial charge is 0.360 e. The molecular weight excluding hydrogens is 258 g/mol. The number of hydrogen-bond acceptors (Lipinski definition) is 6. The number of aromatic nitrogens is 3. The minimum atomic E-state index is -0.517. The van der Waals surface area contributed by atoms with Gasteiger partial charge in [0, 0.05) is 6.07 Å². The SMILES string of the molecule is CCOC(=O)c1cc(-c2cnc3ccccc3n2)on1. The summed E-state index contributed by atoms with van der Waals surface area (Å²) in [6.07, 6.45) is 1.58. The van der Waals surface area contributed by atoms with Crippen LogP contribution >= 0.6 is 0 Å². The van der Waals surface area contributed by atoms with Gasteiger partial charge >= 0.3 is 5.97 Å². The minimum Gasteiger partial charge on any atom is -0.461 e. The summed E-state index contributed by atoms with van der Waals surface area (Å²) >= 11 is 0. The molecule has 0 saturated heterocycles.